The maximum absolute atomic E-state index is 6.91. The second kappa shape index (κ2) is 9.67. The van der Waals surface area contributed by atoms with Crippen molar-refractivity contribution >= 4 is 58.0 Å². The number of anilines is 3. The number of fused-ring (bicyclic) bond motifs is 7. The average Bonchev–Trinajstić information content (AvgIpc) is 3.02. The van der Waals surface area contributed by atoms with Crippen LogP contribution >= 0.6 is 0 Å². The van der Waals surface area contributed by atoms with Crippen LogP contribution in [0.15, 0.2) is 97.1 Å². The van der Waals surface area contributed by atoms with E-state index >= 15 is 0 Å². The summed E-state index contributed by atoms with van der Waals surface area (Å²) < 4.78 is 6.91. The standard InChI is InChI=1S/C39H37B2NO/c1-23(2)26-21-29(24(3)4)37(30(22-26)25(5)6)40-31-14-8-10-16-34(31)42-35-17-11-9-15-32(35)41-38-28(19-20-33(40)39(38)42)27-13-7-12-18-36(27)43-41/h7-25H,1-6H3. The molecule has 0 unspecified atom stereocenters. The second-order valence-corrected chi connectivity index (χ2v) is 13.4. The SMILES string of the molecule is CC(C)c1cc(C(C)C)c(B2c3ccccc3N3c4ccccc4B4Oc5ccccc5-c5ccc2c3c54)c(C(C)C)c1. The van der Waals surface area contributed by atoms with Gasteiger partial charge >= 0.3 is 6.92 Å². The molecule has 210 valence electrons. The van der Waals surface area contributed by atoms with Crippen molar-refractivity contribution in [2.75, 3.05) is 4.90 Å². The number of rotatable bonds is 4. The largest absolute Gasteiger partial charge is 0.551 e. The van der Waals surface area contributed by atoms with E-state index in [1.165, 1.54) is 72.2 Å². The quantitative estimate of drug-likeness (QED) is 0.220. The molecule has 3 heterocycles. The van der Waals surface area contributed by atoms with E-state index in [-0.39, 0.29) is 13.6 Å². The summed E-state index contributed by atoms with van der Waals surface area (Å²) in [5.41, 5.74) is 17.4. The minimum Gasteiger partial charge on any atom is -0.551 e. The normalized spacial score (nSPS) is 14.0. The summed E-state index contributed by atoms with van der Waals surface area (Å²) in [4.78, 5) is 2.54. The molecule has 8 rings (SSSR count). The maximum Gasteiger partial charge on any atom is 0.431 e. The monoisotopic (exact) mass is 557 g/mol. The van der Waals surface area contributed by atoms with Crippen LogP contribution in [-0.2, 0) is 0 Å². The molecular weight excluding hydrogens is 520 g/mol. The first-order valence-corrected chi connectivity index (χ1v) is 15.9. The molecule has 0 aliphatic carbocycles. The summed E-state index contributed by atoms with van der Waals surface area (Å²) in [6, 6.07) is 36.3. The number of hydrogen-bond donors (Lipinski definition) is 0. The van der Waals surface area contributed by atoms with Crippen LogP contribution in [-0.4, -0.2) is 13.6 Å². The molecule has 3 aliphatic heterocycles. The molecule has 0 fully saturated rings. The highest BCUT2D eigenvalue weighted by Gasteiger charge is 2.48. The predicted octanol–water partition coefficient (Wildman–Crippen LogP) is 6.83. The molecule has 43 heavy (non-hydrogen) atoms. The molecule has 0 aromatic heterocycles. The van der Waals surface area contributed by atoms with Gasteiger partial charge in [0.15, 0.2) is 0 Å². The summed E-state index contributed by atoms with van der Waals surface area (Å²) in [7, 11) is 0. The minimum atomic E-state index is -0.143. The molecule has 4 heteroatoms. The summed E-state index contributed by atoms with van der Waals surface area (Å²) in [6.07, 6.45) is 0. The maximum atomic E-state index is 6.91. The molecule has 0 amide bonds. The van der Waals surface area contributed by atoms with Crippen molar-refractivity contribution in [3.8, 4) is 16.9 Å². The Morgan fingerprint density at radius 3 is 1.84 bits per heavy atom. The topological polar surface area (TPSA) is 12.5 Å². The van der Waals surface area contributed by atoms with Crippen molar-refractivity contribution in [1.29, 1.82) is 0 Å². The van der Waals surface area contributed by atoms with E-state index in [2.05, 4.69) is 144 Å². The molecule has 2 nitrogen and oxygen atoms in total. The number of hydrogen-bond acceptors (Lipinski definition) is 2. The molecule has 0 radical (unpaired) electrons. The van der Waals surface area contributed by atoms with Crippen molar-refractivity contribution in [1.82, 2.24) is 0 Å². The summed E-state index contributed by atoms with van der Waals surface area (Å²) in [5.74, 6) is 2.27. The van der Waals surface area contributed by atoms with Crippen LogP contribution in [0.4, 0.5) is 17.1 Å². The van der Waals surface area contributed by atoms with Gasteiger partial charge < -0.3 is 9.55 Å². The lowest BCUT2D eigenvalue weighted by Gasteiger charge is -2.45. The predicted molar refractivity (Wildman–Crippen MR) is 186 cm³/mol. The summed E-state index contributed by atoms with van der Waals surface area (Å²) in [6.45, 7) is 14.1. The Hall–Kier alpha value is -4.17. The molecule has 0 spiro atoms. The molecule has 0 atom stereocenters. The van der Waals surface area contributed by atoms with Crippen molar-refractivity contribution in [3.05, 3.63) is 114 Å². The first-order chi connectivity index (χ1) is 20.8. The van der Waals surface area contributed by atoms with Gasteiger partial charge in [-0.05, 0) is 74.6 Å². The molecule has 0 bridgehead atoms. The Kier molecular flexibility index (Phi) is 5.95. The van der Waals surface area contributed by atoms with Gasteiger partial charge in [0, 0.05) is 28.1 Å². The van der Waals surface area contributed by atoms with E-state index < -0.39 is 0 Å². The Balaban J connectivity index is 1.50. The van der Waals surface area contributed by atoms with Crippen LogP contribution in [0.5, 0.6) is 5.75 Å². The Labute approximate surface area is 256 Å². The smallest absolute Gasteiger partial charge is 0.431 e. The van der Waals surface area contributed by atoms with Gasteiger partial charge in [0.2, 0.25) is 6.71 Å². The third-order valence-corrected chi connectivity index (χ3v) is 9.88. The van der Waals surface area contributed by atoms with Crippen LogP contribution < -0.4 is 36.9 Å². The van der Waals surface area contributed by atoms with Gasteiger partial charge in [-0.2, -0.15) is 0 Å². The zero-order valence-electron chi connectivity index (χ0n) is 26.0. The average molecular weight is 557 g/mol. The minimum absolute atomic E-state index is 0.131. The number of para-hydroxylation sites is 3. The van der Waals surface area contributed by atoms with E-state index in [0.29, 0.717) is 17.8 Å². The highest BCUT2D eigenvalue weighted by atomic mass is 16.4. The van der Waals surface area contributed by atoms with Crippen LogP contribution in [0.1, 0.15) is 76.0 Å². The lowest BCUT2D eigenvalue weighted by molar-refractivity contribution is 0.590. The van der Waals surface area contributed by atoms with E-state index in [4.69, 9.17) is 4.65 Å². The molecule has 0 saturated heterocycles. The van der Waals surface area contributed by atoms with Crippen LogP contribution in [0.2, 0.25) is 0 Å². The molecule has 5 aromatic carbocycles. The van der Waals surface area contributed by atoms with E-state index in [9.17, 15) is 0 Å². The Morgan fingerprint density at radius 1 is 0.558 bits per heavy atom. The highest BCUT2D eigenvalue weighted by Crippen LogP contribution is 2.43. The van der Waals surface area contributed by atoms with Crippen molar-refractivity contribution in [3.63, 3.8) is 0 Å². The van der Waals surface area contributed by atoms with Crippen LogP contribution in [0.25, 0.3) is 11.1 Å². The first kappa shape index (κ1) is 26.5. The van der Waals surface area contributed by atoms with E-state index in [1.54, 1.807) is 0 Å². The fraction of sp³-hybridized carbons (Fsp3) is 0.231. The second-order valence-electron chi connectivity index (χ2n) is 13.4. The molecule has 0 N–H and O–H groups in total. The van der Waals surface area contributed by atoms with Gasteiger partial charge in [0.05, 0.1) is 0 Å². The Bertz CT molecular complexity index is 1890. The lowest BCUT2D eigenvalue weighted by atomic mass is 9.32. The fourth-order valence-corrected chi connectivity index (χ4v) is 7.85. The van der Waals surface area contributed by atoms with Crippen molar-refractivity contribution in [2.24, 2.45) is 0 Å². The van der Waals surface area contributed by atoms with Gasteiger partial charge in [0.25, 0.3) is 0 Å². The van der Waals surface area contributed by atoms with E-state index in [0.717, 1.165) is 5.75 Å². The Morgan fingerprint density at radius 2 is 1.16 bits per heavy atom. The summed E-state index contributed by atoms with van der Waals surface area (Å²) >= 11 is 0. The zero-order valence-corrected chi connectivity index (χ0v) is 26.0. The van der Waals surface area contributed by atoms with Crippen LogP contribution in [0, 0.1) is 0 Å². The van der Waals surface area contributed by atoms with Gasteiger partial charge in [-0.3, -0.25) is 0 Å². The molecule has 3 aliphatic rings. The molecule has 5 aromatic rings. The molecular formula is C39H37B2NO. The van der Waals surface area contributed by atoms with Crippen molar-refractivity contribution in [2.45, 2.75) is 59.3 Å². The zero-order chi connectivity index (χ0) is 29.6. The first-order valence-electron chi connectivity index (χ1n) is 15.9. The lowest BCUT2D eigenvalue weighted by Crippen LogP contribution is -2.65. The van der Waals surface area contributed by atoms with Gasteiger partial charge in [-0.1, -0.05) is 126 Å². The third-order valence-electron chi connectivity index (χ3n) is 9.88. The van der Waals surface area contributed by atoms with Gasteiger partial charge in [-0.25, -0.2) is 0 Å². The van der Waals surface area contributed by atoms with E-state index in [1.807, 2.05) is 0 Å². The highest BCUT2D eigenvalue weighted by molar-refractivity contribution is 7.00. The van der Waals surface area contributed by atoms with Gasteiger partial charge in [-0.15, -0.1) is 0 Å². The third kappa shape index (κ3) is 3.75. The van der Waals surface area contributed by atoms with Crippen molar-refractivity contribution < 1.29 is 4.65 Å². The van der Waals surface area contributed by atoms with Gasteiger partial charge in [0.1, 0.15) is 5.75 Å². The summed E-state index contributed by atoms with van der Waals surface area (Å²) in [5, 5.41) is 0. The number of benzene rings is 5. The number of nitrogens with zero attached hydrogens (tertiary/aromatic N) is 1. The fourth-order valence-electron chi connectivity index (χ4n) is 7.85. The van der Waals surface area contributed by atoms with Crippen LogP contribution in [0.3, 0.4) is 0 Å². The molecule has 0 saturated carbocycles.